The van der Waals surface area contributed by atoms with Gasteiger partial charge in [0.2, 0.25) is 5.91 Å². The average molecular weight is 406 g/mol. The summed E-state index contributed by atoms with van der Waals surface area (Å²) in [5, 5.41) is 5.58. The van der Waals surface area contributed by atoms with Crippen molar-refractivity contribution in [2.24, 2.45) is 0 Å². The fourth-order valence-electron chi connectivity index (χ4n) is 2.73. The first-order valence-corrected chi connectivity index (χ1v) is 9.70. The molecule has 0 saturated carbocycles. The normalized spacial score (nSPS) is 10.4. The lowest BCUT2D eigenvalue weighted by atomic mass is 10.1. The van der Waals surface area contributed by atoms with Crippen molar-refractivity contribution in [3.05, 3.63) is 58.9 Å². The van der Waals surface area contributed by atoms with E-state index in [4.69, 9.17) is 11.6 Å². The molecule has 0 saturated heterocycles. The van der Waals surface area contributed by atoms with Crippen molar-refractivity contribution in [1.29, 1.82) is 0 Å². The third kappa shape index (κ3) is 6.23. The van der Waals surface area contributed by atoms with Gasteiger partial charge in [-0.15, -0.1) is 0 Å². The van der Waals surface area contributed by atoms with Crippen LogP contribution in [0.1, 0.15) is 37.0 Å². The molecule has 2 amide bonds. The molecule has 0 fully saturated rings. The Bertz CT molecular complexity index is 806. The topological polar surface area (TPSA) is 61.4 Å². The lowest BCUT2D eigenvalue weighted by molar-refractivity contribution is -0.114. The first-order valence-electron chi connectivity index (χ1n) is 9.32. The molecule has 0 bridgehead atoms. The molecule has 0 aliphatic carbocycles. The number of carbonyl (C=O) groups is 2. The Hall–Kier alpha value is -2.60. The number of halogens is 2. The van der Waals surface area contributed by atoms with E-state index in [1.54, 1.807) is 24.3 Å². The summed E-state index contributed by atoms with van der Waals surface area (Å²) in [7, 11) is 0. The number of carbonyl (C=O) groups excluding carboxylic acids is 2. The molecule has 5 nitrogen and oxygen atoms in total. The van der Waals surface area contributed by atoms with Gasteiger partial charge < -0.3 is 15.5 Å². The number of nitrogens with zero attached hydrogens (tertiary/aromatic N) is 1. The molecule has 2 N–H and O–H groups in total. The standard InChI is InChI=1S/C21H25ClFN3O2/c1-3-11-26(12-4-2)21(28)15-5-7-16(8-6-15)24-14-20(27)25-17-9-10-19(23)18(22)13-17/h5-10,13,24H,3-4,11-12,14H2,1-2H3,(H,25,27). The van der Waals surface area contributed by atoms with Crippen LogP contribution in [0.25, 0.3) is 0 Å². The second-order valence-electron chi connectivity index (χ2n) is 6.40. The summed E-state index contributed by atoms with van der Waals surface area (Å²) in [5.41, 5.74) is 1.77. The van der Waals surface area contributed by atoms with Gasteiger partial charge in [-0.05, 0) is 55.3 Å². The van der Waals surface area contributed by atoms with Crippen LogP contribution in [0, 0.1) is 5.82 Å². The number of nitrogens with one attached hydrogen (secondary N) is 2. The molecule has 0 unspecified atom stereocenters. The summed E-state index contributed by atoms with van der Waals surface area (Å²) in [6.07, 6.45) is 1.83. The molecule has 0 atom stereocenters. The van der Waals surface area contributed by atoms with Crippen molar-refractivity contribution >= 4 is 34.8 Å². The zero-order chi connectivity index (χ0) is 20.5. The summed E-state index contributed by atoms with van der Waals surface area (Å²) in [4.78, 5) is 26.4. The lowest BCUT2D eigenvalue weighted by Gasteiger charge is -2.21. The quantitative estimate of drug-likeness (QED) is 0.630. The van der Waals surface area contributed by atoms with Crippen LogP contribution in [0.3, 0.4) is 0 Å². The van der Waals surface area contributed by atoms with Gasteiger partial charge in [0.05, 0.1) is 11.6 Å². The third-order valence-electron chi connectivity index (χ3n) is 4.06. The Morgan fingerprint density at radius 2 is 1.61 bits per heavy atom. The van der Waals surface area contributed by atoms with E-state index in [0.717, 1.165) is 31.6 Å². The van der Waals surface area contributed by atoms with Crippen LogP contribution in [0.2, 0.25) is 5.02 Å². The lowest BCUT2D eigenvalue weighted by Crippen LogP contribution is -2.32. The van der Waals surface area contributed by atoms with E-state index in [1.807, 2.05) is 18.7 Å². The van der Waals surface area contributed by atoms with Gasteiger partial charge in [0.1, 0.15) is 5.82 Å². The minimum Gasteiger partial charge on any atom is -0.376 e. The van der Waals surface area contributed by atoms with Gasteiger partial charge in [0, 0.05) is 30.0 Å². The molecule has 0 spiro atoms. The maximum absolute atomic E-state index is 13.1. The molecule has 0 radical (unpaired) electrons. The maximum Gasteiger partial charge on any atom is 0.253 e. The number of anilines is 2. The number of hydrogen-bond donors (Lipinski definition) is 2. The molecular formula is C21H25ClFN3O2. The Balaban J connectivity index is 1.90. The van der Waals surface area contributed by atoms with E-state index in [0.29, 0.717) is 11.3 Å². The highest BCUT2D eigenvalue weighted by atomic mass is 35.5. The Morgan fingerprint density at radius 1 is 1.00 bits per heavy atom. The summed E-state index contributed by atoms with van der Waals surface area (Å²) < 4.78 is 13.1. The van der Waals surface area contributed by atoms with Crippen molar-refractivity contribution in [3.63, 3.8) is 0 Å². The molecule has 0 aromatic heterocycles. The molecule has 0 heterocycles. The van der Waals surface area contributed by atoms with Gasteiger partial charge in [-0.1, -0.05) is 25.4 Å². The zero-order valence-electron chi connectivity index (χ0n) is 16.1. The summed E-state index contributed by atoms with van der Waals surface area (Å²) in [6, 6.07) is 11.0. The van der Waals surface area contributed by atoms with Crippen LogP contribution in [0.5, 0.6) is 0 Å². The highest BCUT2D eigenvalue weighted by Crippen LogP contribution is 2.19. The monoisotopic (exact) mass is 405 g/mol. The molecule has 0 aliphatic rings. The Kier molecular flexibility index (Phi) is 8.26. The zero-order valence-corrected chi connectivity index (χ0v) is 16.9. The minimum absolute atomic E-state index is 0.0150. The van der Waals surface area contributed by atoms with Crippen LogP contribution in [0.15, 0.2) is 42.5 Å². The van der Waals surface area contributed by atoms with Gasteiger partial charge in [-0.3, -0.25) is 9.59 Å². The molecule has 0 aliphatic heterocycles. The van der Waals surface area contributed by atoms with Gasteiger partial charge in [-0.2, -0.15) is 0 Å². The molecule has 28 heavy (non-hydrogen) atoms. The van der Waals surface area contributed by atoms with Crippen LogP contribution >= 0.6 is 11.6 Å². The van der Waals surface area contributed by atoms with Crippen LogP contribution in [0.4, 0.5) is 15.8 Å². The Labute approximate surface area is 169 Å². The Morgan fingerprint density at radius 3 is 2.18 bits per heavy atom. The molecule has 2 rings (SSSR count). The number of amides is 2. The van der Waals surface area contributed by atoms with Crippen molar-refractivity contribution in [2.75, 3.05) is 30.3 Å². The number of hydrogen-bond acceptors (Lipinski definition) is 3. The maximum atomic E-state index is 13.1. The van der Waals surface area contributed by atoms with Crippen molar-refractivity contribution in [1.82, 2.24) is 4.90 Å². The van der Waals surface area contributed by atoms with Gasteiger partial charge in [0.25, 0.3) is 5.91 Å². The first-order chi connectivity index (χ1) is 13.4. The minimum atomic E-state index is -0.538. The molecule has 2 aromatic rings. The second kappa shape index (κ2) is 10.7. The largest absolute Gasteiger partial charge is 0.376 e. The third-order valence-corrected chi connectivity index (χ3v) is 4.35. The fourth-order valence-corrected chi connectivity index (χ4v) is 2.91. The SMILES string of the molecule is CCCN(CCC)C(=O)c1ccc(NCC(=O)Nc2ccc(F)c(Cl)c2)cc1. The number of benzene rings is 2. The summed E-state index contributed by atoms with van der Waals surface area (Å²) >= 11 is 5.70. The average Bonchev–Trinajstić information content (AvgIpc) is 2.69. The molecule has 150 valence electrons. The highest BCUT2D eigenvalue weighted by molar-refractivity contribution is 6.31. The van der Waals surface area contributed by atoms with E-state index < -0.39 is 5.82 Å². The fraction of sp³-hybridized carbons (Fsp3) is 0.333. The first kappa shape index (κ1) is 21.7. The van der Waals surface area contributed by atoms with E-state index >= 15 is 0 Å². The summed E-state index contributed by atoms with van der Waals surface area (Å²) in [6.45, 7) is 5.60. The van der Waals surface area contributed by atoms with Crippen molar-refractivity contribution in [2.45, 2.75) is 26.7 Å². The van der Waals surface area contributed by atoms with Crippen LogP contribution in [-0.4, -0.2) is 36.3 Å². The molecule has 7 heteroatoms. The second-order valence-corrected chi connectivity index (χ2v) is 6.81. The number of rotatable bonds is 9. The van der Waals surface area contributed by atoms with Gasteiger partial charge in [-0.25, -0.2) is 4.39 Å². The van der Waals surface area contributed by atoms with Gasteiger partial charge in [0.15, 0.2) is 0 Å². The predicted molar refractivity (Wildman–Crippen MR) is 111 cm³/mol. The van der Waals surface area contributed by atoms with E-state index in [2.05, 4.69) is 10.6 Å². The molecule has 2 aromatic carbocycles. The van der Waals surface area contributed by atoms with Crippen molar-refractivity contribution < 1.29 is 14.0 Å². The smallest absolute Gasteiger partial charge is 0.253 e. The summed E-state index contributed by atoms with van der Waals surface area (Å²) in [5.74, 6) is -0.815. The van der Waals surface area contributed by atoms with E-state index in [-0.39, 0.29) is 23.4 Å². The van der Waals surface area contributed by atoms with Gasteiger partial charge >= 0.3 is 0 Å². The highest BCUT2D eigenvalue weighted by Gasteiger charge is 2.14. The van der Waals surface area contributed by atoms with Crippen LogP contribution < -0.4 is 10.6 Å². The van der Waals surface area contributed by atoms with E-state index in [9.17, 15) is 14.0 Å². The molecular weight excluding hydrogens is 381 g/mol. The van der Waals surface area contributed by atoms with Crippen molar-refractivity contribution in [3.8, 4) is 0 Å². The van der Waals surface area contributed by atoms with Crippen LogP contribution in [-0.2, 0) is 4.79 Å². The van der Waals surface area contributed by atoms with E-state index in [1.165, 1.54) is 18.2 Å². The predicted octanol–water partition coefficient (Wildman–Crippen LogP) is 4.79.